The Labute approximate surface area is 93.5 Å². The van der Waals surface area contributed by atoms with Gasteiger partial charge in [0.1, 0.15) is 0 Å². The summed E-state index contributed by atoms with van der Waals surface area (Å²) in [5.41, 5.74) is 1.27. The second-order valence-corrected chi connectivity index (χ2v) is 4.22. The molecule has 0 aliphatic heterocycles. The van der Waals surface area contributed by atoms with E-state index in [1.54, 1.807) is 0 Å². The van der Waals surface area contributed by atoms with Crippen molar-refractivity contribution in [2.24, 2.45) is 0 Å². The van der Waals surface area contributed by atoms with Crippen LogP contribution in [0.25, 0.3) is 0 Å². The normalized spacial score (nSPS) is 12.8. The molecule has 0 radical (unpaired) electrons. The molecule has 2 nitrogen and oxygen atoms in total. The van der Waals surface area contributed by atoms with Crippen LogP contribution >= 0.6 is 15.9 Å². The summed E-state index contributed by atoms with van der Waals surface area (Å²) in [4.78, 5) is 0. The van der Waals surface area contributed by atoms with Crippen LogP contribution in [0.4, 0.5) is 0 Å². The van der Waals surface area contributed by atoms with Crippen LogP contribution in [0.15, 0.2) is 28.7 Å². The van der Waals surface area contributed by atoms with Crippen molar-refractivity contribution in [2.75, 3.05) is 13.2 Å². The molecule has 0 spiro atoms. The maximum absolute atomic E-state index is 8.64. The van der Waals surface area contributed by atoms with Gasteiger partial charge in [-0.15, -0.1) is 0 Å². The number of benzene rings is 1. The lowest BCUT2D eigenvalue weighted by atomic mass is 10.1. The zero-order valence-electron chi connectivity index (χ0n) is 8.33. The predicted molar refractivity (Wildman–Crippen MR) is 62.3 cm³/mol. The Hall–Kier alpha value is -0.380. The van der Waals surface area contributed by atoms with Gasteiger partial charge in [-0.05, 0) is 37.6 Å². The molecule has 0 saturated carbocycles. The second-order valence-electron chi connectivity index (χ2n) is 3.30. The molecule has 0 heterocycles. The molecule has 1 aromatic rings. The van der Waals surface area contributed by atoms with Gasteiger partial charge in [-0.1, -0.05) is 28.1 Å². The Balaban J connectivity index is 2.43. The molecule has 0 fully saturated rings. The Morgan fingerprint density at radius 1 is 1.36 bits per heavy atom. The number of hydrogen-bond acceptors (Lipinski definition) is 2. The van der Waals surface area contributed by atoms with E-state index in [1.165, 1.54) is 5.56 Å². The molecule has 3 heteroatoms. The topological polar surface area (TPSA) is 32.3 Å². The van der Waals surface area contributed by atoms with Crippen molar-refractivity contribution in [3.8, 4) is 0 Å². The molecule has 1 rings (SSSR count). The lowest BCUT2D eigenvalue weighted by molar-refractivity contribution is 0.284. The summed E-state index contributed by atoms with van der Waals surface area (Å²) in [6.07, 6.45) is 0.806. The van der Waals surface area contributed by atoms with E-state index in [0.717, 1.165) is 17.4 Å². The third kappa shape index (κ3) is 3.78. The summed E-state index contributed by atoms with van der Waals surface area (Å²) in [6.45, 7) is 3.23. The largest absolute Gasteiger partial charge is 0.396 e. The number of rotatable bonds is 5. The summed E-state index contributed by atoms with van der Waals surface area (Å²) >= 11 is 3.40. The molecular weight excluding hydrogens is 242 g/mol. The molecule has 1 aromatic carbocycles. The van der Waals surface area contributed by atoms with Gasteiger partial charge < -0.3 is 10.4 Å². The molecular formula is C11H16BrNO. The standard InChI is InChI=1S/C11H16BrNO/c1-9(13-7-2-8-14)10-3-5-11(12)6-4-10/h3-6,9,13-14H,2,7-8H2,1H3/t9-/m0/s1. The van der Waals surface area contributed by atoms with Crippen LogP contribution < -0.4 is 5.32 Å². The van der Waals surface area contributed by atoms with Gasteiger partial charge >= 0.3 is 0 Å². The van der Waals surface area contributed by atoms with E-state index in [2.05, 4.69) is 40.3 Å². The van der Waals surface area contributed by atoms with Gasteiger partial charge in [-0.25, -0.2) is 0 Å². The monoisotopic (exact) mass is 257 g/mol. The quantitative estimate of drug-likeness (QED) is 0.795. The number of hydrogen-bond donors (Lipinski definition) is 2. The molecule has 0 bridgehead atoms. The Morgan fingerprint density at radius 3 is 2.57 bits per heavy atom. The molecule has 0 unspecified atom stereocenters. The van der Waals surface area contributed by atoms with Gasteiger partial charge in [0.05, 0.1) is 0 Å². The van der Waals surface area contributed by atoms with Crippen LogP contribution in [0.5, 0.6) is 0 Å². The van der Waals surface area contributed by atoms with Crippen molar-refractivity contribution in [3.05, 3.63) is 34.3 Å². The fourth-order valence-corrected chi connectivity index (χ4v) is 1.53. The minimum atomic E-state index is 0.250. The van der Waals surface area contributed by atoms with Gasteiger partial charge in [-0.3, -0.25) is 0 Å². The first-order valence-corrected chi connectivity index (χ1v) is 5.63. The molecule has 0 aliphatic rings. The third-order valence-corrected chi connectivity index (χ3v) is 2.68. The number of nitrogens with one attached hydrogen (secondary N) is 1. The van der Waals surface area contributed by atoms with Crippen LogP contribution in [-0.2, 0) is 0 Å². The smallest absolute Gasteiger partial charge is 0.0443 e. The third-order valence-electron chi connectivity index (χ3n) is 2.16. The summed E-state index contributed by atoms with van der Waals surface area (Å²) in [6, 6.07) is 8.62. The molecule has 14 heavy (non-hydrogen) atoms. The number of halogens is 1. The lowest BCUT2D eigenvalue weighted by Crippen LogP contribution is -2.20. The van der Waals surface area contributed by atoms with Crippen LogP contribution in [0.3, 0.4) is 0 Å². The van der Waals surface area contributed by atoms with Crippen molar-refractivity contribution in [1.82, 2.24) is 5.32 Å². The van der Waals surface area contributed by atoms with Gasteiger partial charge in [0.15, 0.2) is 0 Å². The van der Waals surface area contributed by atoms with Crippen LogP contribution in [0.2, 0.25) is 0 Å². The highest BCUT2D eigenvalue weighted by molar-refractivity contribution is 9.10. The first-order valence-electron chi connectivity index (χ1n) is 4.83. The molecule has 0 saturated heterocycles. The van der Waals surface area contributed by atoms with Gasteiger partial charge in [0, 0.05) is 17.1 Å². The fourth-order valence-electron chi connectivity index (χ4n) is 1.27. The Kier molecular flexibility index (Phi) is 5.15. The van der Waals surface area contributed by atoms with Gasteiger partial charge in [-0.2, -0.15) is 0 Å². The van der Waals surface area contributed by atoms with E-state index >= 15 is 0 Å². The van der Waals surface area contributed by atoms with Crippen molar-refractivity contribution in [3.63, 3.8) is 0 Å². The highest BCUT2D eigenvalue weighted by Gasteiger charge is 2.02. The van der Waals surface area contributed by atoms with Crippen LogP contribution in [0.1, 0.15) is 24.9 Å². The first kappa shape index (κ1) is 11.7. The van der Waals surface area contributed by atoms with E-state index in [4.69, 9.17) is 5.11 Å². The van der Waals surface area contributed by atoms with Crippen molar-refractivity contribution in [1.29, 1.82) is 0 Å². The van der Waals surface area contributed by atoms with Crippen LogP contribution in [-0.4, -0.2) is 18.3 Å². The summed E-state index contributed by atoms with van der Waals surface area (Å²) in [7, 11) is 0. The zero-order valence-corrected chi connectivity index (χ0v) is 9.92. The van der Waals surface area contributed by atoms with Gasteiger partial charge in [0.2, 0.25) is 0 Å². The van der Waals surface area contributed by atoms with E-state index in [1.807, 2.05) is 12.1 Å². The fraction of sp³-hybridized carbons (Fsp3) is 0.455. The first-order chi connectivity index (χ1) is 6.74. The van der Waals surface area contributed by atoms with E-state index in [9.17, 15) is 0 Å². The minimum absolute atomic E-state index is 0.250. The highest BCUT2D eigenvalue weighted by Crippen LogP contribution is 2.16. The molecule has 1 atom stereocenters. The molecule has 0 aromatic heterocycles. The zero-order chi connectivity index (χ0) is 10.4. The minimum Gasteiger partial charge on any atom is -0.396 e. The predicted octanol–water partition coefficient (Wildman–Crippen LogP) is 2.48. The highest BCUT2D eigenvalue weighted by atomic mass is 79.9. The average molecular weight is 258 g/mol. The summed E-state index contributed by atoms with van der Waals surface area (Å²) < 4.78 is 1.10. The van der Waals surface area contributed by atoms with Gasteiger partial charge in [0.25, 0.3) is 0 Å². The number of aliphatic hydroxyl groups is 1. The molecule has 0 aliphatic carbocycles. The van der Waals surface area contributed by atoms with E-state index < -0.39 is 0 Å². The lowest BCUT2D eigenvalue weighted by Gasteiger charge is -2.13. The Morgan fingerprint density at radius 2 is 2.00 bits per heavy atom. The molecule has 0 amide bonds. The average Bonchev–Trinajstić information content (AvgIpc) is 2.19. The molecule has 78 valence electrons. The van der Waals surface area contributed by atoms with E-state index in [-0.39, 0.29) is 6.61 Å². The molecule has 2 N–H and O–H groups in total. The van der Waals surface area contributed by atoms with Crippen molar-refractivity contribution in [2.45, 2.75) is 19.4 Å². The van der Waals surface area contributed by atoms with Crippen LogP contribution in [0, 0.1) is 0 Å². The maximum atomic E-state index is 8.64. The van der Waals surface area contributed by atoms with E-state index in [0.29, 0.717) is 6.04 Å². The SMILES string of the molecule is C[C@H](NCCCO)c1ccc(Br)cc1. The summed E-state index contributed by atoms with van der Waals surface area (Å²) in [5.74, 6) is 0. The number of aliphatic hydroxyl groups excluding tert-OH is 1. The maximum Gasteiger partial charge on any atom is 0.0443 e. The van der Waals surface area contributed by atoms with Crippen molar-refractivity contribution < 1.29 is 5.11 Å². The summed E-state index contributed by atoms with van der Waals surface area (Å²) in [5, 5.41) is 12.0. The second kappa shape index (κ2) is 6.17. The van der Waals surface area contributed by atoms with Crippen molar-refractivity contribution >= 4 is 15.9 Å². The Bertz CT molecular complexity index is 260.